The maximum Gasteiger partial charge on any atom is 0.834 e. The molecule has 0 spiro atoms. The molecule has 0 aliphatic carbocycles. The van der Waals surface area contributed by atoms with E-state index in [1.807, 2.05) is 30.3 Å². The molecule has 0 saturated heterocycles. The summed E-state index contributed by atoms with van der Waals surface area (Å²) in [5, 5.41) is 10.4. The van der Waals surface area contributed by atoms with E-state index in [4.69, 9.17) is 16.3 Å². The minimum atomic E-state index is -4.42. The molecule has 33 heavy (non-hydrogen) atoms. The molecule has 1 heterocycles. The van der Waals surface area contributed by atoms with E-state index in [-0.39, 0.29) is 16.6 Å². The van der Waals surface area contributed by atoms with Gasteiger partial charge in [-0.15, -0.1) is 0 Å². The summed E-state index contributed by atoms with van der Waals surface area (Å²) in [6, 6.07) is 26.5. The number of nitrogens with zero attached hydrogens (tertiary/aromatic N) is 2. The number of hydrogen-bond acceptors (Lipinski definition) is 3. The largest absolute Gasteiger partial charge is 0.834 e. The third-order valence-corrected chi connectivity index (χ3v) is 6.20. The highest BCUT2D eigenvalue weighted by Crippen LogP contribution is 2.35. The van der Waals surface area contributed by atoms with Gasteiger partial charge in [0.2, 0.25) is 0 Å². The number of thioether (sulfide) groups is 1. The Hall–Kier alpha value is -3.34. The molecule has 3 nitrogen and oxygen atoms in total. The predicted molar refractivity (Wildman–Crippen MR) is 132 cm³/mol. The third kappa shape index (κ3) is 5.54. The summed E-state index contributed by atoms with van der Waals surface area (Å²) < 4.78 is 36.8. The van der Waals surface area contributed by atoms with Gasteiger partial charge in [-0.3, -0.25) is 0 Å². The second-order valence-electron chi connectivity index (χ2n) is 7.22. The molecule has 0 N–H and O–H groups in total. The van der Waals surface area contributed by atoms with Gasteiger partial charge in [-0.05, 0) is 35.9 Å². The smallest absolute Gasteiger partial charge is 0.599 e. The van der Waals surface area contributed by atoms with Gasteiger partial charge < -0.3 is 17.8 Å². The van der Waals surface area contributed by atoms with Gasteiger partial charge >= 0.3 is 7.04 Å². The van der Waals surface area contributed by atoms with Crippen molar-refractivity contribution in [1.82, 2.24) is 0 Å². The Morgan fingerprint density at radius 2 is 1.64 bits per heavy atom. The standard InChI is InChI=1S/C25H18BClF2N2OS/c27-22-13-11-21(12-14-22)24-16-25(31(26(28,29)32-24)23-9-5-2-6-10-23)33-18-20(17-30)15-19-7-3-1-4-8-19/h1-16H,18H2/b20-15+. The molecule has 0 radical (unpaired) electrons. The highest BCUT2D eigenvalue weighted by Gasteiger charge is 2.52. The molecule has 8 heteroatoms. The maximum atomic E-state index is 15.4. The molecule has 0 unspecified atom stereocenters. The lowest BCUT2D eigenvalue weighted by Gasteiger charge is -2.30. The van der Waals surface area contributed by atoms with Crippen LogP contribution in [0.1, 0.15) is 11.1 Å². The first-order valence-electron chi connectivity index (χ1n) is 10.1. The zero-order valence-electron chi connectivity index (χ0n) is 17.4. The van der Waals surface area contributed by atoms with Crippen LogP contribution in [0.2, 0.25) is 5.02 Å². The van der Waals surface area contributed by atoms with Crippen molar-refractivity contribution in [2.24, 2.45) is 0 Å². The van der Waals surface area contributed by atoms with Crippen molar-refractivity contribution >= 4 is 53.0 Å². The number of hydrogen-bond donors (Lipinski definition) is 0. The van der Waals surface area contributed by atoms with Crippen molar-refractivity contribution in [3.05, 3.63) is 113 Å². The number of nitriles is 1. The average Bonchev–Trinajstić information content (AvgIpc) is 2.82. The van der Waals surface area contributed by atoms with Gasteiger partial charge in [0.05, 0.1) is 17.9 Å². The molecule has 1 aliphatic rings. The van der Waals surface area contributed by atoms with E-state index >= 15 is 8.63 Å². The second kappa shape index (κ2) is 10.1. The Morgan fingerprint density at radius 3 is 2.27 bits per heavy atom. The highest BCUT2D eigenvalue weighted by atomic mass is 35.5. The monoisotopic (exact) mass is 478 g/mol. The van der Waals surface area contributed by atoms with Crippen molar-refractivity contribution in [2.45, 2.75) is 0 Å². The number of halogens is 3. The molecule has 164 valence electrons. The molecule has 3 aromatic rings. The lowest BCUT2D eigenvalue weighted by Crippen LogP contribution is -2.44. The van der Waals surface area contributed by atoms with Crippen LogP contribution in [0, 0.1) is 11.3 Å². The van der Waals surface area contributed by atoms with E-state index in [1.54, 1.807) is 66.7 Å². The van der Waals surface area contributed by atoms with Crippen LogP contribution in [0.15, 0.2) is 96.6 Å². The molecule has 1 aliphatic heterocycles. The number of para-hydroxylation sites is 1. The molecular formula is C25H18BClF2N2OS. The lowest BCUT2D eigenvalue weighted by molar-refractivity contribution is -0.347. The summed E-state index contributed by atoms with van der Waals surface area (Å²) in [5.74, 6) is 0.276. The number of rotatable bonds is 5. The molecule has 0 fully saturated rings. The Kier molecular flexibility index (Phi) is 6.97. The Labute approximate surface area is 200 Å². The van der Waals surface area contributed by atoms with Gasteiger partial charge in [-0.25, -0.2) is 0 Å². The van der Waals surface area contributed by atoms with E-state index < -0.39 is 7.04 Å². The SMILES string of the molecule is N#C/C(=C\c1ccccc1)CSC1=[N+](c2ccccc2)[B-](F)(F)OC(c2ccc(Cl)cc2)=C1. The highest BCUT2D eigenvalue weighted by molar-refractivity contribution is 8.14. The van der Waals surface area contributed by atoms with Gasteiger partial charge in [0.25, 0.3) is 0 Å². The minimum absolute atomic E-state index is 0.0527. The summed E-state index contributed by atoms with van der Waals surface area (Å²) in [6.45, 7) is 0. The molecule has 0 amide bonds. The summed E-state index contributed by atoms with van der Waals surface area (Å²) in [5.41, 5.74) is 2.14. The fraction of sp³-hybridized carbons (Fsp3) is 0.0400. The first kappa shape index (κ1) is 22.8. The Morgan fingerprint density at radius 1 is 1.00 bits per heavy atom. The zero-order valence-corrected chi connectivity index (χ0v) is 18.9. The summed E-state index contributed by atoms with van der Waals surface area (Å²) in [6.07, 6.45) is 3.34. The van der Waals surface area contributed by atoms with Crippen molar-refractivity contribution in [2.75, 3.05) is 5.75 Å². The van der Waals surface area contributed by atoms with E-state index in [0.29, 0.717) is 21.8 Å². The van der Waals surface area contributed by atoms with E-state index in [9.17, 15) is 5.26 Å². The van der Waals surface area contributed by atoms with Crippen molar-refractivity contribution in [1.29, 1.82) is 5.26 Å². The van der Waals surface area contributed by atoms with Crippen LogP contribution in [0.5, 0.6) is 0 Å². The average molecular weight is 479 g/mol. The van der Waals surface area contributed by atoms with Crippen LogP contribution in [0.3, 0.4) is 0 Å². The molecule has 0 aromatic heterocycles. The van der Waals surface area contributed by atoms with Crippen LogP contribution >= 0.6 is 23.4 Å². The molecule has 4 rings (SSSR count). The van der Waals surface area contributed by atoms with Gasteiger partial charge in [-0.2, -0.15) is 5.26 Å². The molecule has 0 bridgehead atoms. The first-order chi connectivity index (χ1) is 16.0. The van der Waals surface area contributed by atoms with Crippen LogP contribution in [-0.4, -0.2) is 22.3 Å². The van der Waals surface area contributed by atoms with Gasteiger partial charge in [-0.1, -0.05) is 71.9 Å². The quantitative estimate of drug-likeness (QED) is 0.288. The van der Waals surface area contributed by atoms with Crippen LogP contribution in [0.25, 0.3) is 11.8 Å². The number of benzene rings is 3. The normalized spacial score (nSPS) is 15.5. The third-order valence-electron chi connectivity index (χ3n) is 4.88. The fourth-order valence-corrected chi connectivity index (χ4v) is 4.48. The topological polar surface area (TPSA) is 36.0 Å². The van der Waals surface area contributed by atoms with E-state index in [0.717, 1.165) is 21.8 Å². The predicted octanol–water partition coefficient (Wildman–Crippen LogP) is 7.17. The minimum Gasteiger partial charge on any atom is -0.599 e. The Bertz CT molecular complexity index is 1270. The van der Waals surface area contributed by atoms with Crippen LogP contribution < -0.4 is 0 Å². The van der Waals surface area contributed by atoms with Gasteiger partial charge in [0.1, 0.15) is 0 Å². The lowest BCUT2D eigenvalue weighted by atomic mass is 9.99. The van der Waals surface area contributed by atoms with Crippen LogP contribution in [-0.2, 0) is 4.65 Å². The second-order valence-corrected chi connectivity index (χ2v) is 8.65. The molecule has 3 aromatic carbocycles. The molecule has 0 atom stereocenters. The first-order valence-corrected chi connectivity index (χ1v) is 11.5. The summed E-state index contributed by atoms with van der Waals surface area (Å²) in [4.78, 5) is 0. The van der Waals surface area contributed by atoms with E-state index in [2.05, 4.69) is 6.07 Å². The summed E-state index contributed by atoms with van der Waals surface area (Å²) >= 11 is 7.11. The van der Waals surface area contributed by atoms with Gasteiger partial charge in [0, 0.05) is 34.0 Å². The Balaban J connectivity index is 1.75. The molecule has 0 saturated carbocycles. The van der Waals surface area contributed by atoms with Crippen molar-refractivity contribution in [3.8, 4) is 6.07 Å². The maximum absolute atomic E-state index is 15.4. The van der Waals surface area contributed by atoms with Crippen LogP contribution in [0.4, 0.5) is 14.3 Å². The van der Waals surface area contributed by atoms with Crippen molar-refractivity contribution in [3.63, 3.8) is 0 Å². The zero-order chi connectivity index (χ0) is 23.3. The summed E-state index contributed by atoms with van der Waals surface area (Å²) in [7, 11) is -4.42. The van der Waals surface area contributed by atoms with E-state index in [1.165, 1.54) is 0 Å². The fourth-order valence-electron chi connectivity index (χ4n) is 3.34. The van der Waals surface area contributed by atoms with Crippen molar-refractivity contribution < 1.29 is 17.8 Å². The van der Waals surface area contributed by atoms with Gasteiger partial charge in [0.15, 0.2) is 10.7 Å². The molecular weight excluding hydrogens is 461 g/mol.